The number of carboxylic acid groups (broad SMARTS) is 1. The summed E-state index contributed by atoms with van der Waals surface area (Å²) in [5.74, 6) is -0.0423. The van der Waals surface area contributed by atoms with E-state index < -0.39 is 24.1 Å². The highest BCUT2D eigenvalue weighted by Crippen LogP contribution is 2.37. The third-order valence-corrected chi connectivity index (χ3v) is 3.08. The van der Waals surface area contributed by atoms with Crippen molar-refractivity contribution in [2.24, 2.45) is 0 Å². The topological polar surface area (TPSA) is 70.0 Å². The van der Waals surface area contributed by atoms with Crippen LogP contribution >= 0.6 is 0 Å². The second-order valence-electron chi connectivity index (χ2n) is 4.23. The zero-order valence-electron chi connectivity index (χ0n) is 9.84. The molecule has 1 heterocycles. The molecular formula is C12H14FNO4. The molecule has 98 valence electrons. The Morgan fingerprint density at radius 2 is 2.28 bits per heavy atom. The summed E-state index contributed by atoms with van der Waals surface area (Å²) in [6.45, 7) is 0.0274. The Morgan fingerprint density at radius 3 is 2.89 bits per heavy atom. The van der Waals surface area contributed by atoms with Crippen molar-refractivity contribution in [2.75, 3.05) is 13.7 Å². The first-order chi connectivity index (χ1) is 8.52. The van der Waals surface area contributed by atoms with Gasteiger partial charge in [0.25, 0.3) is 0 Å². The number of nitrogens with zero attached hydrogens (tertiary/aromatic N) is 1. The molecule has 1 aromatic carbocycles. The van der Waals surface area contributed by atoms with Crippen LogP contribution in [0.4, 0.5) is 9.18 Å². The number of benzene rings is 1. The van der Waals surface area contributed by atoms with E-state index in [0.717, 1.165) is 4.90 Å². The van der Waals surface area contributed by atoms with E-state index in [1.54, 1.807) is 0 Å². The zero-order chi connectivity index (χ0) is 13.3. The minimum absolute atomic E-state index is 0.0274. The fraction of sp³-hybridized carbons (Fsp3) is 0.417. The van der Waals surface area contributed by atoms with Gasteiger partial charge in [0.05, 0.1) is 25.8 Å². The molecule has 6 heteroatoms. The molecule has 0 bridgehead atoms. The van der Waals surface area contributed by atoms with Crippen LogP contribution in [0, 0.1) is 5.82 Å². The summed E-state index contributed by atoms with van der Waals surface area (Å²) >= 11 is 0. The van der Waals surface area contributed by atoms with E-state index in [0.29, 0.717) is 11.3 Å². The SMILES string of the molecule is COc1ccc(F)cc1C1C[C@@H](O)CN1C(=O)O. The maximum atomic E-state index is 13.3. The maximum absolute atomic E-state index is 13.3. The number of halogens is 1. The third kappa shape index (κ3) is 2.24. The fourth-order valence-corrected chi connectivity index (χ4v) is 2.29. The van der Waals surface area contributed by atoms with Crippen LogP contribution in [0.3, 0.4) is 0 Å². The summed E-state index contributed by atoms with van der Waals surface area (Å²) in [5.41, 5.74) is 0.441. The number of β-amino-alcohol motifs (C(OH)–C–C–N with tert-alkyl or cyclic N) is 1. The van der Waals surface area contributed by atoms with Crippen LogP contribution in [0.2, 0.25) is 0 Å². The van der Waals surface area contributed by atoms with E-state index in [4.69, 9.17) is 9.84 Å². The second kappa shape index (κ2) is 4.81. The lowest BCUT2D eigenvalue weighted by Gasteiger charge is -2.23. The van der Waals surface area contributed by atoms with Crippen LogP contribution in [-0.4, -0.2) is 41.0 Å². The van der Waals surface area contributed by atoms with E-state index in [-0.39, 0.29) is 13.0 Å². The molecule has 0 aromatic heterocycles. The minimum atomic E-state index is -1.14. The lowest BCUT2D eigenvalue weighted by Crippen LogP contribution is -2.30. The monoisotopic (exact) mass is 255 g/mol. The molecule has 1 saturated heterocycles. The van der Waals surface area contributed by atoms with Crippen LogP contribution in [0.15, 0.2) is 18.2 Å². The fourth-order valence-electron chi connectivity index (χ4n) is 2.29. The highest BCUT2D eigenvalue weighted by molar-refractivity contribution is 5.66. The molecule has 2 atom stereocenters. The van der Waals surface area contributed by atoms with Gasteiger partial charge in [-0.3, -0.25) is 4.90 Å². The normalized spacial score (nSPS) is 23.2. The summed E-state index contributed by atoms with van der Waals surface area (Å²) in [6.07, 6.45) is -1.63. The zero-order valence-corrected chi connectivity index (χ0v) is 9.84. The van der Waals surface area contributed by atoms with Crippen LogP contribution in [0.25, 0.3) is 0 Å². The van der Waals surface area contributed by atoms with Gasteiger partial charge in [-0.2, -0.15) is 0 Å². The van der Waals surface area contributed by atoms with Crippen molar-refractivity contribution in [3.8, 4) is 5.75 Å². The van der Waals surface area contributed by atoms with Crippen LogP contribution < -0.4 is 4.74 Å². The first-order valence-corrected chi connectivity index (χ1v) is 5.54. The van der Waals surface area contributed by atoms with Crippen LogP contribution in [-0.2, 0) is 0 Å². The Bertz CT molecular complexity index is 465. The number of carbonyl (C=O) groups is 1. The molecule has 0 saturated carbocycles. The number of aliphatic hydroxyl groups is 1. The Labute approximate surface area is 103 Å². The number of likely N-dealkylation sites (tertiary alicyclic amines) is 1. The van der Waals surface area contributed by atoms with Crippen molar-refractivity contribution in [2.45, 2.75) is 18.6 Å². The molecule has 0 radical (unpaired) electrons. The van der Waals surface area contributed by atoms with Gasteiger partial charge >= 0.3 is 6.09 Å². The molecule has 1 amide bonds. The molecule has 2 N–H and O–H groups in total. The number of rotatable bonds is 2. The van der Waals surface area contributed by atoms with Crippen LogP contribution in [0.1, 0.15) is 18.0 Å². The standard InChI is InChI=1S/C12H14FNO4/c1-18-11-3-2-7(13)4-9(11)10-5-8(15)6-14(10)12(16)17/h2-4,8,10,15H,5-6H2,1H3,(H,16,17)/t8-,10?/m1/s1. The molecule has 18 heavy (non-hydrogen) atoms. The smallest absolute Gasteiger partial charge is 0.407 e. The minimum Gasteiger partial charge on any atom is -0.496 e. The third-order valence-electron chi connectivity index (χ3n) is 3.08. The Hall–Kier alpha value is -1.82. The molecule has 1 aromatic rings. The van der Waals surface area contributed by atoms with Gasteiger partial charge in [-0.15, -0.1) is 0 Å². The summed E-state index contributed by atoms with van der Waals surface area (Å²) < 4.78 is 18.4. The average molecular weight is 255 g/mol. The summed E-state index contributed by atoms with van der Waals surface area (Å²) in [6, 6.07) is 3.37. The van der Waals surface area contributed by atoms with Crippen molar-refractivity contribution in [3.63, 3.8) is 0 Å². The van der Waals surface area contributed by atoms with E-state index >= 15 is 0 Å². The van der Waals surface area contributed by atoms with E-state index in [2.05, 4.69) is 0 Å². The van der Waals surface area contributed by atoms with Gasteiger partial charge in [0.1, 0.15) is 11.6 Å². The summed E-state index contributed by atoms with van der Waals surface area (Å²) in [7, 11) is 1.44. The van der Waals surface area contributed by atoms with Gasteiger partial charge < -0.3 is 14.9 Å². The highest BCUT2D eigenvalue weighted by Gasteiger charge is 2.36. The maximum Gasteiger partial charge on any atom is 0.407 e. The van der Waals surface area contributed by atoms with Gasteiger partial charge in [-0.05, 0) is 24.6 Å². The second-order valence-corrected chi connectivity index (χ2v) is 4.23. The molecule has 0 aliphatic carbocycles. The number of aliphatic hydroxyl groups excluding tert-OH is 1. The Morgan fingerprint density at radius 1 is 1.56 bits per heavy atom. The number of amides is 1. The molecular weight excluding hydrogens is 241 g/mol. The van der Waals surface area contributed by atoms with Gasteiger partial charge in [-0.25, -0.2) is 9.18 Å². The van der Waals surface area contributed by atoms with E-state index in [9.17, 15) is 14.3 Å². The van der Waals surface area contributed by atoms with Gasteiger partial charge in [0, 0.05) is 5.56 Å². The van der Waals surface area contributed by atoms with Gasteiger partial charge in [-0.1, -0.05) is 0 Å². The Kier molecular flexibility index (Phi) is 3.38. The highest BCUT2D eigenvalue weighted by atomic mass is 19.1. The van der Waals surface area contributed by atoms with Crippen molar-refractivity contribution in [1.29, 1.82) is 0 Å². The van der Waals surface area contributed by atoms with Crippen molar-refractivity contribution in [1.82, 2.24) is 4.90 Å². The van der Waals surface area contributed by atoms with E-state index in [1.165, 1.54) is 25.3 Å². The lowest BCUT2D eigenvalue weighted by molar-refractivity contribution is 0.131. The average Bonchev–Trinajstić information content (AvgIpc) is 2.71. The number of methoxy groups -OCH3 is 1. The molecule has 1 unspecified atom stereocenters. The lowest BCUT2D eigenvalue weighted by atomic mass is 10.0. The largest absolute Gasteiger partial charge is 0.496 e. The van der Waals surface area contributed by atoms with Crippen molar-refractivity contribution < 1.29 is 24.1 Å². The molecule has 5 nitrogen and oxygen atoms in total. The molecule has 2 rings (SSSR count). The molecule has 1 aliphatic heterocycles. The quantitative estimate of drug-likeness (QED) is 0.842. The first kappa shape index (κ1) is 12.6. The number of ether oxygens (including phenoxy) is 1. The molecule has 1 aliphatic rings. The predicted molar refractivity (Wildman–Crippen MR) is 61.0 cm³/mol. The van der Waals surface area contributed by atoms with Crippen molar-refractivity contribution in [3.05, 3.63) is 29.6 Å². The summed E-state index contributed by atoms with van der Waals surface area (Å²) in [5, 5.41) is 18.6. The first-order valence-electron chi connectivity index (χ1n) is 5.54. The van der Waals surface area contributed by atoms with Gasteiger partial charge in [0.15, 0.2) is 0 Å². The predicted octanol–water partition coefficient (Wildman–Crippen LogP) is 1.62. The number of hydrogen-bond acceptors (Lipinski definition) is 3. The molecule has 0 spiro atoms. The van der Waals surface area contributed by atoms with E-state index in [1.807, 2.05) is 0 Å². The summed E-state index contributed by atoms with van der Waals surface area (Å²) in [4.78, 5) is 12.2. The van der Waals surface area contributed by atoms with Gasteiger partial charge in [0.2, 0.25) is 0 Å². The van der Waals surface area contributed by atoms with Crippen molar-refractivity contribution >= 4 is 6.09 Å². The molecule has 1 fully saturated rings. The number of hydrogen-bond donors (Lipinski definition) is 2. The van der Waals surface area contributed by atoms with Crippen LogP contribution in [0.5, 0.6) is 5.75 Å². The Balaban J connectivity index is 2.40.